The Balaban J connectivity index is 0.000000476. The third kappa shape index (κ3) is 15.8. The molecule has 1 fully saturated rings. The van der Waals surface area contributed by atoms with Gasteiger partial charge in [0.15, 0.2) is 0 Å². The van der Waals surface area contributed by atoms with Crippen molar-refractivity contribution in [2.75, 3.05) is 13.1 Å². The first kappa shape index (κ1) is 33.9. The summed E-state index contributed by atoms with van der Waals surface area (Å²) in [5, 5.41) is 2.85. The zero-order chi connectivity index (χ0) is 25.9. The fraction of sp³-hybridized carbons (Fsp3) is 0.214. The number of nitrogens with zero attached hydrogens (tertiary/aromatic N) is 2. The molecule has 0 radical (unpaired) electrons. The molecule has 1 saturated heterocycles. The van der Waals surface area contributed by atoms with Crippen LogP contribution in [0.1, 0.15) is 25.3 Å². The van der Waals surface area contributed by atoms with Crippen molar-refractivity contribution in [1.29, 1.82) is 0 Å². The van der Waals surface area contributed by atoms with E-state index in [0.717, 1.165) is 30.4 Å². The number of benzene rings is 2. The Labute approximate surface area is 243 Å². The molecule has 0 spiro atoms. The molecule has 8 heteroatoms. The average molecular weight is 606 g/mol. The van der Waals surface area contributed by atoms with Gasteiger partial charge in [-0.05, 0) is 24.3 Å². The van der Waals surface area contributed by atoms with Gasteiger partial charge in [-0.1, -0.05) is 118 Å². The molecule has 0 amide bonds. The molecule has 1 aliphatic rings. The van der Waals surface area contributed by atoms with Crippen LogP contribution in [0.15, 0.2) is 104 Å². The van der Waals surface area contributed by atoms with Gasteiger partial charge in [0.05, 0.1) is 0 Å². The number of H-pyrrole nitrogens is 1. The van der Waals surface area contributed by atoms with Crippen LogP contribution in [0.25, 0.3) is 17.5 Å². The number of aromatic amines is 1. The second kappa shape index (κ2) is 21.1. The van der Waals surface area contributed by atoms with E-state index in [1.807, 2.05) is 66.7 Å². The van der Waals surface area contributed by atoms with Crippen molar-refractivity contribution in [3.8, 4) is 11.4 Å². The number of thiocarbonyl (C=S) groups is 1. The van der Waals surface area contributed by atoms with Gasteiger partial charge in [0, 0.05) is 24.8 Å². The molecule has 0 atom stereocenters. The van der Waals surface area contributed by atoms with Gasteiger partial charge in [-0.15, -0.1) is 25.3 Å². The van der Waals surface area contributed by atoms with Gasteiger partial charge in [-0.3, -0.25) is 0 Å². The predicted molar refractivity (Wildman–Crippen MR) is 171 cm³/mol. The van der Waals surface area contributed by atoms with Crippen molar-refractivity contribution < 1.29 is 0 Å². The van der Waals surface area contributed by atoms with E-state index in [9.17, 15) is 0 Å². The van der Waals surface area contributed by atoms with Crippen LogP contribution in [0, 0.1) is 5.92 Å². The molecule has 3 aromatic rings. The van der Waals surface area contributed by atoms with E-state index >= 15 is 0 Å². The number of rotatable bonds is 4. The number of allylic oxidation sites excluding steroid dienone is 2. The number of thiol groups is 2. The number of hydrazine groups is 1. The van der Waals surface area contributed by atoms with Gasteiger partial charge in [0.2, 0.25) is 0 Å². The molecule has 2 N–H and O–H groups in total. The number of aromatic nitrogens is 2. The molecular formula is C28H38N4S3Se. The monoisotopic (exact) mass is 606 g/mol. The van der Waals surface area contributed by atoms with Gasteiger partial charge < -0.3 is 10.4 Å². The summed E-state index contributed by atoms with van der Waals surface area (Å²) in [6.07, 6.45) is 9.39. The summed E-state index contributed by atoms with van der Waals surface area (Å²) in [6.45, 7) is 14.8. The van der Waals surface area contributed by atoms with Crippen LogP contribution in [0.2, 0.25) is 0 Å². The molecule has 2 aromatic carbocycles. The third-order valence-corrected chi connectivity index (χ3v) is 5.27. The molecule has 2 heterocycles. The number of hydrogen-bond donors (Lipinski definition) is 4. The molecule has 0 bridgehead atoms. The molecule has 36 heavy (non-hydrogen) atoms. The van der Waals surface area contributed by atoms with Gasteiger partial charge in [-0.2, -0.15) is 0 Å². The van der Waals surface area contributed by atoms with Gasteiger partial charge >= 0.3 is 17.1 Å². The van der Waals surface area contributed by atoms with Crippen LogP contribution in [0.4, 0.5) is 0 Å². The van der Waals surface area contributed by atoms with Gasteiger partial charge in [-0.25, -0.2) is 9.99 Å². The summed E-state index contributed by atoms with van der Waals surface area (Å²) in [5.41, 5.74) is 5.29. The molecule has 0 unspecified atom stereocenters. The van der Waals surface area contributed by atoms with E-state index in [0.29, 0.717) is 9.35 Å². The summed E-state index contributed by atoms with van der Waals surface area (Å²) in [7, 11) is 0. The Morgan fingerprint density at radius 2 is 1.56 bits per heavy atom. The minimum absolute atomic E-state index is 0. The number of nitrogens with one attached hydrogen (secondary N) is 2. The minimum atomic E-state index is 0. The zero-order valence-corrected chi connectivity index (χ0v) is 25.5. The fourth-order valence-corrected chi connectivity index (χ4v) is 3.34. The van der Waals surface area contributed by atoms with Crippen LogP contribution in [0.3, 0.4) is 0 Å². The van der Waals surface area contributed by atoms with Crippen molar-refractivity contribution in [1.82, 2.24) is 20.4 Å². The molecule has 0 saturated carbocycles. The summed E-state index contributed by atoms with van der Waals surface area (Å²) in [4.78, 5) is 7.22. The Kier molecular flexibility index (Phi) is 19.9. The molecule has 1 aromatic heterocycles. The van der Waals surface area contributed by atoms with Crippen LogP contribution < -0.4 is 5.43 Å². The summed E-state index contributed by atoms with van der Waals surface area (Å²) < 4.78 is 0.569. The number of piperidine rings is 1. The predicted octanol–water partition coefficient (Wildman–Crippen LogP) is 6.57. The van der Waals surface area contributed by atoms with Crippen LogP contribution in [-0.4, -0.2) is 49.5 Å². The standard InChI is InChI=1S/C9H8N2S.C8H8.C7H14N2S2.C4H6.H2Se/c12-8-6-10-9(11-8)7-4-2-1-3-5-7;1-2-8-6-4-3-5-7-8;1-6-2-4-9(5-3-6)8-7(10)11;1-3-4-2;/h1-6,12H,(H,10,11);2-7H,1H2;6H,2-5H2,1H3,(H2,8,10,11);3-4H,1-2H2;1H2. The zero-order valence-electron chi connectivity index (χ0n) is 20.8. The number of hydrogen-bond acceptors (Lipinski definition) is 4. The molecular weight excluding hydrogens is 567 g/mol. The topological polar surface area (TPSA) is 44.0 Å². The second-order valence-electron chi connectivity index (χ2n) is 7.65. The van der Waals surface area contributed by atoms with E-state index in [2.05, 4.69) is 72.3 Å². The molecule has 0 aliphatic carbocycles. The van der Waals surface area contributed by atoms with Crippen LogP contribution in [-0.2, 0) is 0 Å². The number of imidazole rings is 1. The summed E-state index contributed by atoms with van der Waals surface area (Å²) in [5.74, 6) is 1.72. The maximum atomic E-state index is 4.82. The van der Waals surface area contributed by atoms with E-state index < -0.39 is 0 Å². The van der Waals surface area contributed by atoms with E-state index in [4.69, 9.17) is 12.2 Å². The summed E-state index contributed by atoms with van der Waals surface area (Å²) >= 11 is 12.9. The second-order valence-corrected chi connectivity index (χ2v) is 9.26. The Morgan fingerprint density at radius 3 is 1.94 bits per heavy atom. The van der Waals surface area contributed by atoms with Gasteiger partial charge in [0.25, 0.3) is 0 Å². The maximum absolute atomic E-state index is 4.82. The SMILES string of the molecule is C=CC=C.C=Cc1ccccc1.CC1CCN(NC(=S)S)CC1.Sc1c[nH]c(-c2ccccc2)n1.[SeH2]. The Hall–Kier alpha value is -2.06. The fourth-order valence-electron chi connectivity index (χ4n) is 2.90. The van der Waals surface area contributed by atoms with E-state index in [1.165, 1.54) is 18.4 Å². The van der Waals surface area contributed by atoms with Crippen LogP contribution in [0.5, 0.6) is 0 Å². The van der Waals surface area contributed by atoms with E-state index in [-0.39, 0.29) is 17.1 Å². The van der Waals surface area contributed by atoms with E-state index in [1.54, 1.807) is 18.3 Å². The first-order valence-electron chi connectivity index (χ1n) is 11.3. The molecule has 1 aliphatic heterocycles. The Bertz CT molecular complexity index is 996. The van der Waals surface area contributed by atoms with Crippen molar-refractivity contribution in [2.24, 2.45) is 5.92 Å². The first-order valence-corrected chi connectivity index (χ1v) is 12.6. The van der Waals surface area contributed by atoms with Gasteiger partial charge in [0.1, 0.15) is 15.2 Å². The van der Waals surface area contributed by atoms with Crippen molar-refractivity contribution in [3.05, 3.63) is 104 Å². The van der Waals surface area contributed by atoms with Crippen molar-refractivity contribution in [3.63, 3.8) is 0 Å². The van der Waals surface area contributed by atoms with Crippen LogP contribution >= 0.6 is 37.5 Å². The molecule has 4 rings (SSSR count). The van der Waals surface area contributed by atoms with Crippen molar-refractivity contribution >= 4 is 64.9 Å². The molecule has 194 valence electrons. The summed E-state index contributed by atoms with van der Waals surface area (Å²) in [6, 6.07) is 20.0. The average Bonchev–Trinajstić information content (AvgIpc) is 3.33. The quantitative estimate of drug-likeness (QED) is 0.118. The normalized spacial score (nSPS) is 12.4. The first-order chi connectivity index (χ1) is 16.9. The Morgan fingerprint density at radius 1 is 1.03 bits per heavy atom. The third-order valence-electron chi connectivity index (χ3n) is 4.85. The van der Waals surface area contributed by atoms with Crippen molar-refractivity contribution in [2.45, 2.75) is 24.8 Å². The molecule has 4 nitrogen and oxygen atoms in total.